The maximum atomic E-state index is 13.2. The van der Waals surface area contributed by atoms with Crippen molar-refractivity contribution in [2.75, 3.05) is 13.6 Å². The van der Waals surface area contributed by atoms with Crippen LogP contribution in [0.5, 0.6) is 0 Å². The van der Waals surface area contributed by atoms with Gasteiger partial charge in [-0.15, -0.1) is 0 Å². The largest absolute Gasteiger partial charge is 0.481 e. The molecule has 1 aromatic carbocycles. The van der Waals surface area contributed by atoms with Crippen molar-refractivity contribution in [1.29, 1.82) is 0 Å². The van der Waals surface area contributed by atoms with Crippen molar-refractivity contribution < 1.29 is 18.7 Å². The Hall–Kier alpha value is -1.49. The minimum Gasteiger partial charge on any atom is -0.481 e. The van der Waals surface area contributed by atoms with E-state index in [1.165, 1.54) is 6.07 Å². The number of halogens is 2. The Balaban J connectivity index is 2.77. The lowest BCUT2D eigenvalue weighted by Crippen LogP contribution is -2.36. The van der Waals surface area contributed by atoms with Crippen molar-refractivity contribution in [3.8, 4) is 0 Å². The number of carboxylic acid groups (broad SMARTS) is 1. The number of rotatable bonds is 8. The molecule has 0 spiro atoms. The van der Waals surface area contributed by atoms with Crippen LogP contribution in [0.15, 0.2) is 18.2 Å². The van der Waals surface area contributed by atoms with E-state index in [0.717, 1.165) is 31.5 Å². The van der Waals surface area contributed by atoms with E-state index in [1.54, 1.807) is 0 Å². The summed E-state index contributed by atoms with van der Waals surface area (Å²) in [5.41, 5.74) is 0.610. The zero-order valence-corrected chi connectivity index (χ0v) is 11.9. The van der Waals surface area contributed by atoms with Crippen LogP contribution in [0.3, 0.4) is 0 Å². The van der Waals surface area contributed by atoms with Crippen LogP contribution in [0, 0.1) is 11.6 Å². The molecule has 0 amide bonds. The Bertz CT molecular complexity index is 451. The zero-order chi connectivity index (χ0) is 15.1. The van der Waals surface area contributed by atoms with Gasteiger partial charge in [0.15, 0.2) is 11.6 Å². The van der Waals surface area contributed by atoms with Gasteiger partial charge in [0.1, 0.15) is 0 Å². The fourth-order valence-corrected chi connectivity index (χ4v) is 2.11. The van der Waals surface area contributed by atoms with E-state index in [-0.39, 0.29) is 12.5 Å². The van der Waals surface area contributed by atoms with Crippen molar-refractivity contribution in [2.45, 2.75) is 38.6 Å². The number of benzene rings is 1. The summed E-state index contributed by atoms with van der Waals surface area (Å²) < 4.78 is 26.1. The quantitative estimate of drug-likeness (QED) is 0.798. The number of unbranched alkanes of at least 4 members (excludes halogenated alkanes) is 1. The van der Waals surface area contributed by atoms with E-state index < -0.39 is 17.6 Å². The first-order valence-corrected chi connectivity index (χ1v) is 6.80. The average molecular weight is 285 g/mol. The SMILES string of the molecule is CCCCN(C)C(CC(=O)O)Cc1ccc(F)c(F)c1. The van der Waals surface area contributed by atoms with Crippen molar-refractivity contribution in [1.82, 2.24) is 4.90 Å². The van der Waals surface area contributed by atoms with Gasteiger partial charge in [-0.2, -0.15) is 0 Å². The third-order valence-corrected chi connectivity index (χ3v) is 3.35. The zero-order valence-electron chi connectivity index (χ0n) is 11.9. The first-order valence-electron chi connectivity index (χ1n) is 6.80. The Morgan fingerprint density at radius 2 is 2.05 bits per heavy atom. The Morgan fingerprint density at radius 3 is 2.60 bits per heavy atom. The molecule has 1 aromatic rings. The van der Waals surface area contributed by atoms with Crippen LogP contribution >= 0.6 is 0 Å². The van der Waals surface area contributed by atoms with E-state index in [2.05, 4.69) is 6.92 Å². The molecular formula is C15H21F2NO2. The molecule has 5 heteroatoms. The van der Waals surface area contributed by atoms with E-state index in [0.29, 0.717) is 12.0 Å². The molecule has 1 N–H and O–H groups in total. The molecule has 0 heterocycles. The van der Waals surface area contributed by atoms with Crippen LogP contribution in [0.2, 0.25) is 0 Å². The number of hydrogen-bond acceptors (Lipinski definition) is 2. The van der Waals surface area contributed by atoms with Crippen LogP contribution in [-0.2, 0) is 11.2 Å². The summed E-state index contributed by atoms with van der Waals surface area (Å²) in [6.07, 6.45) is 2.38. The van der Waals surface area contributed by atoms with E-state index in [4.69, 9.17) is 5.11 Å². The number of hydrogen-bond donors (Lipinski definition) is 1. The number of likely N-dealkylation sites (N-methyl/N-ethyl adjacent to an activating group) is 1. The van der Waals surface area contributed by atoms with Gasteiger partial charge in [0.05, 0.1) is 6.42 Å². The standard InChI is InChI=1S/C15H21F2NO2/c1-3-4-7-18(2)12(10-15(19)20)8-11-5-6-13(16)14(17)9-11/h5-6,9,12H,3-4,7-8,10H2,1-2H3,(H,19,20). The molecule has 0 radical (unpaired) electrons. The topological polar surface area (TPSA) is 40.5 Å². The molecule has 3 nitrogen and oxygen atoms in total. The minimum absolute atomic E-state index is 0.0147. The van der Waals surface area contributed by atoms with Crippen molar-refractivity contribution >= 4 is 5.97 Å². The number of carboxylic acids is 1. The number of aliphatic carboxylic acids is 1. The second kappa shape index (κ2) is 7.94. The van der Waals surface area contributed by atoms with Gasteiger partial charge in [0.2, 0.25) is 0 Å². The van der Waals surface area contributed by atoms with Gasteiger partial charge < -0.3 is 10.0 Å². The Morgan fingerprint density at radius 1 is 1.35 bits per heavy atom. The van der Waals surface area contributed by atoms with Gasteiger partial charge in [-0.3, -0.25) is 4.79 Å². The first-order chi connectivity index (χ1) is 9.43. The van der Waals surface area contributed by atoms with Crippen molar-refractivity contribution in [3.05, 3.63) is 35.4 Å². The predicted octanol–water partition coefficient (Wildman–Crippen LogP) is 3.08. The van der Waals surface area contributed by atoms with E-state index >= 15 is 0 Å². The molecule has 1 atom stereocenters. The molecule has 0 aliphatic carbocycles. The summed E-state index contributed by atoms with van der Waals surface area (Å²) >= 11 is 0. The van der Waals surface area contributed by atoms with Crippen molar-refractivity contribution in [3.63, 3.8) is 0 Å². The van der Waals surface area contributed by atoms with Gasteiger partial charge in [-0.25, -0.2) is 8.78 Å². The lowest BCUT2D eigenvalue weighted by molar-refractivity contribution is -0.138. The van der Waals surface area contributed by atoms with Gasteiger partial charge in [0, 0.05) is 6.04 Å². The molecule has 112 valence electrons. The lowest BCUT2D eigenvalue weighted by atomic mass is 10.0. The van der Waals surface area contributed by atoms with E-state index in [9.17, 15) is 13.6 Å². The number of nitrogens with zero attached hydrogens (tertiary/aromatic N) is 1. The molecule has 1 unspecified atom stereocenters. The molecule has 0 aliphatic rings. The fourth-order valence-electron chi connectivity index (χ4n) is 2.11. The Kier molecular flexibility index (Phi) is 6.58. The maximum absolute atomic E-state index is 13.2. The number of carbonyl (C=O) groups is 1. The molecule has 0 saturated heterocycles. The van der Waals surface area contributed by atoms with E-state index in [1.807, 2.05) is 11.9 Å². The van der Waals surface area contributed by atoms with Crippen LogP contribution in [0.4, 0.5) is 8.78 Å². The summed E-state index contributed by atoms with van der Waals surface area (Å²) in [6.45, 7) is 2.85. The second-order valence-electron chi connectivity index (χ2n) is 5.04. The minimum atomic E-state index is -0.896. The molecular weight excluding hydrogens is 264 g/mol. The molecule has 0 fully saturated rings. The molecule has 1 rings (SSSR count). The first kappa shape index (κ1) is 16.6. The molecule has 0 aliphatic heterocycles. The highest BCUT2D eigenvalue weighted by molar-refractivity contribution is 5.67. The predicted molar refractivity (Wildman–Crippen MR) is 73.6 cm³/mol. The van der Waals surface area contributed by atoms with Gasteiger partial charge in [-0.05, 0) is 44.1 Å². The summed E-state index contributed by atoms with van der Waals surface area (Å²) in [4.78, 5) is 12.9. The third-order valence-electron chi connectivity index (χ3n) is 3.35. The lowest BCUT2D eigenvalue weighted by Gasteiger charge is -2.27. The smallest absolute Gasteiger partial charge is 0.304 e. The maximum Gasteiger partial charge on any atom is 0.304 e. The van der Waals surface area contributed by atoms with Crippen LogP contribution in [0.1, 0.15) is 31.7 Å². The molecule has 20 heavy (non-hydrogen) atoms. The highest BCUT2D eigenvalue weighted by Crippen LogP contribution is 2.15. The molecule has 0 saturated carbocycles. The Labute approximate surface area is 118 Å². The third kappa shape index (κ3) is 5.25. The molecule has 0 bridgehead atoms. The highest BCUT2D eigenvalue weighted by Gasteiger charge is 2.19. The summed E-state index contributed by atoms with van der Waals surface area (Å²) in [5.74, 6) is -2.67. The normalized spacial score (nSPS) is 12.7. The molecule has 0 aromatic heterocycles. The summed E-state index contributed by atoms with van der Waals surface area (Å²) in [6, 6.07) is 3.50. The average Bonchev–Trinajstić information content (AvgIpc) is 2.39. The summed E-state index contributed by atoms with van der Waals surface area (Å²) in [7, 11) is 1.86. The van der Waals surface area contributed by atoms with Crippen molar-refractivity contribution in [2.24, 2.45) is 0 Å². The van der Waals surface area contributed by atoms with Gasteiger partial charge in [0.25, 0.3) is 0 Å². The summed E-state index contributed by atoms with van der Waals surface area (Å²) in [5, 5.41) is 8.97. The van der Waals surface area contributed by atoms with Crippen LogP contribution < -0.4 is 0 Å². The van der Waals surface area contributed by atoms with Gasteiger partial charge in [-0.1, -0.05) is 19.4 Å². The van der Waals surface area contributed by atoms with Gasteiger partial charge >= 0.3 is 5.97 Å². The monoisotopic (exact) mass is 285 g/mol. The highest BCUT2D eigenvalue weighted by atomic mass is 19.2. The fraction of sp³-hybridized carbons (Fsp3) is 0.533. The van der Waals surface area contributed by atoms with Crippen LogP contribution in [-0.4, -0.2) is 35.6 Å². The second-order valence-corrected chi connectivity index (χ2v) is 5.04. The van der Waals surface area contributed by atoms with Crippen LogP contribution in [0.25, 0.3) is 0 Å².